The van der Waals surface area contributed by atoms with Gasteiger partial charge in [0.2, 0.25) is 0 Å². The van der Waals surface area contributed by atoms with Gasteiger partial charge in [0.25, 0.3) is 5.56 Å². The number of carbonyl (C=O) groups is 1. The molecule has 0 amide bonds. The number of nitrogens with zero attached hydrogens (tertiary/aromatic N) is 2. The Bertz CT molecular complexity index is 955. The van der Waals surface area contributed by atoms with Gasteiger partial charge >= 0.3 is 5.97 Å². The molecule has 1 aromatic carbocycles. The van der Waals surface area contributed by atoms with Gasteiger partial charge in [0.1, 0.15) is 10.7 Å². The first-order chi connectivity index (χ1) is 11.5. The van der Waals surface area contributed by atoms with Crippen LogP contribution in [0.25, 0.3) is 10.2 Å². The van der Waals surface area contributed by atoms with Crippen LogP contribution in [0.15, 0.2) is 35.1 Å². The highest BCUT2D eigenvalue weighted by Gasteiger charge is 2.13. The number of hydrogen-bond donors (Lipinski definition) is 1. The summed E-state index contributed by atoms with van der Waals surface area (Å²) in [6, 6.07) is 8.52. The van der Waals surface area contributed by atoms with E-state index in [9.17, 15) is 9.59 Å². The lowest BCUT2D eigenvalue weighted by atomic mass is 10.1. The van der Waals surface area contributed by atoms with E-state index in [2.05, 4.69) is 11.9 Å². The monoisotopic (exact) mass is 342 g/mol. The molecule has 5 nitrogen and oxygen atoms in total. The lowest BCUT2D eigenvalue weighted by Crippen LogP contribution is -2.25. The van der Waals surface area contributed by atoms with Crippen molar-refractivity contribution in [3.8, 4) is 0 Å². The number of thiophene rings is 1. The molecule has 0 radical (unpaired) electrons. The summed E-state index contributed by atoms with van der Waals surface area (Å²) in [7, 11) is 0. The number of aryl methyl sites for hydroxylation is 2. The molecule has 3 rings (SSSR count). The van der Waals surface area contributed by atoms with Crippen molar-refractivity contribution in [1.29, 1.82) is 0 Å². The summed E-state index contributed by atoms with van der Waals surface area (Å²) in [5.41, 5.74) is 1.08. The maximum atomic E-state index is 12.9. The zero-order valence-electron chi connectivity index (χ0n) is 13.6. The molecule has 0 fully saturated rings. The largest absolute Gasteiger partial charge is 0.478 e. The molecule has 24 heavy (non-hydrogen) atoms. The second kappa shape index (κ2) is 6.57. The molecule has 0 saturated carbocycles. The molecule has 0 aliphatic heterocycles. The zero-order chi connectivity index (χ0) is 17.3. The van der Waals surface area contributed by atoms with Crippen LogP contribution in [0.5, 0.6) is 0 Å². The Balaban J connectivity index is 2.05. The molecular weight excluding hydrogens is 324 g/mol. The van der Waals surface area contributed by atoms with Crippen LogP contribution in [0.1, 0.15) is 40.5 Å². The van der Waals surface area contributed by atoms with E-state index in [1.54, 1.807) is 40.2 Å². The van der Waals surface area contributed by atoms with Crippen molar-refractivity contribution in [2.45, 2.75) is 33.2 Å². The van der Waals surface area contributed by atoms with Crippen LogP contribution in [-0.2, 0) is 19.4 Å². The Morgan fingerprint density at radius 3 is 2.50 bits per heavy atom. The van der Waals surface area contributed by atoms with Crippen molar-refractivity contribution in [3.05, 3.63) is 62.5 Å². The number of carboxylic acid groups (broad SMARTS) is 1. The van der Waals surface area contributed by atoms with Crippen LogP contribution < -0.4 is 5.56 Å². The van der Waals surface area contributed by atoms with Crippen molar-refractivity contribution in [2.75, 3.05) is 0 Å². The third kappa shape index (κ3) is 2.97. The summed E-state index contributed by atoms with van der Waals surface area (Å²) in [6.45, 7) is 4.43. The molecule has 1 N–H and O–H groups in total. The van der Waals surface area contributed by atoms with Crippen LogP contribution in [-0.4, -0.2) is 20.6 Å². The van der Waals surface area contributed by atoms with Gasteiger partial charge in [0.05, 0.1) is 17.5 Å². The molecule has 0 aliphatic rings. The quantitative estimate of drug-likeness (QED) is 0.772. The summed E-state index contributed by atoms with van der Waals surface area (Å²) in [4.78, 5) is 30.4. The Morgan fingerprint density at radius 1 is 1.21 bits per heavy atom. The number of carboxylic acids is 1. The maximum Gasteiger partial charge on any atom is 0.335 e. The van der Waals surface area contributed by atoms with E-state index in [1.807, 2.05) is 13.0 Å². The Labute approximate surface area is 143 Å². The van der Waals surface area contributed by atoms with Crippen LogP contribution in [0, 0.1) is 0 Å². The first-order valence-corrected chi connectivity index (χ1v) is 8.69. The summed E-state index contributed by atoms with van der Waals surface area (Å²) in [6.07, 6.45) is 1.55. The van der Waals surface area contributed by atoms with Gasteiger partial charge in [-0.3, -0.25) is 9.36 Å². The molecule has 2 heterocycles. The predicted octanol–water partition coefficient (Wildman–Crippen LogP) is 3.33. The SMILES string of the molecule is CCc1cc2c(=O)n(Cc3ccc(C(=O)O)cc3)c(CC)nc2s1. The number of fused-ring (bicyclic) bond motifs is 1. The number of hydrogen-bond acceptors (Lipinski definition) is 4. The van der Waals surface area contributed by atoms with Gasteiger partial charge in [-0.2, -0.15) is 0 Å². The lowest BCUT2D eigenvalue weighted by molar-refractivity contribution is 0.0697. The van der Waals surface area contributed by atoms with Crippen molar-refractivity contribution < 1.29 is 9.90 Å². The average Bonchev–Trinajstić information content (AvgIpc) is 3.01. The van der Waals surface area contributed by atoms with Gasteiger partial charge in [-0.05, 0) is 30.2 Å². The molecule has 0 spiro atoms. The van der Waals surface area contributed by atoms with E-state index in [0.717, 1.165) is 27.5 Å². The van der Waals surface area contributed by atoms with Crippen molar-refractivity contribution in [1.82, 2.24) is 9.55 Å². The molecule has 124 valence electrons. The van der Waals surface area contributed by atoms with Crippen molar-refractivity contribution in [3.63, 3.8) is 0 Å². The van der Waals surface area contributed by atoms with Gasteiger partial charge in [0, 0.05) is 11.3 Å². The average molecular weight is 342 g/mol. The second-order valence-electron chi connectivity index (χ2n) is 5.56. The summed E-state index contributed by atoms with van der Waals surface area (Å²) >= 11 is 1.57. The fourth-order valence-corrected chi connectivity index (χ4v) is 3.63. The van der Waals surface area contributed by atoms with E-state index in [0.29, 0.717) is 18.4 Å². The Hall–Kier alpha value is -2.47. The molecule has 0 aliphatic carbocycles. The number of benzene rings is 1. The molecule has 0 unspecified atom stereocenters. The summed E-state index contributed by atoms with van der Waals surface area (Å²) in [5, 5.41) is 9.63. The van der Waals surface area contributed by atoms with Gasteiger partial charge < -0.3 is 5.11 Å². The molecular formula is C18H18N2O3S. The second-order valence-corrected chi connectivity index (χ2v) is 6.68. The van der Waals surface area contributed by atoms with Gasteiger partial charge in [-0.25, -0.2) is 9.78 Å². The summed E-state index contributed by atoms with van der Waals surface area (Å²) in [5.74, 6) is -0.208. The minimum absolute atomic E-state index is 0.0323. The van der Waals surface area contributed by atoms with Crippen LogP contribution >= 0.6 is 11.3 Å². The smallest absolute Gasteiger partial charge is 0.335 e. The molecule has 0 bridgehead atoms. The Morgan fingerprint density at radius 2 is 1.92 bits per heavy atom. The maximum absolute atomic E-state index is 12.9. The minimum atomic E-state index is -0.957. The van der Waals surface area contributed by atoms with Gasteiger partial charge in [-0.1, -0.05) is 26.0 Å². The first kappa shape index (κ1) is 16.4. The highest BCUT2D eigenvalue weighted by Crippen LogP contribution is 2.22. The number of rotatable bonds is 5. The number of aromatic nitrogens is 2. The van der Waals surface area contributed by atoms with Gasteiger partial charge in [0.15, 0.2) is 0 Å². The Kier molecular flexibility index (Phi) is 4.49. The minimum Gasteiger partial charge on any atom is -0.478 e. The fraction of sp³-hybridized carbons (Fsp3) is 0.278. The van der Waals surface area contributed by atoms with Crippen LogP contribution in [0.2, 0.25) is 0 Å². The van der Waals surface area contributed by atoms with Gasteiger partial charge in [-0.15, -0.1) is 11.3 Å². The lowest BCUT2D eigenvalue weighted by Gasteiger charge is -2.11. The third-order valence-corrected chi connectivity index (χ3v) is 5.16. The highest BCUT2D eigenvalue weighted by molar-refractivity contribution is 7.18. The predicted molar refractivity (Wildman–Crippen MR) is 95.1 cm³/mol. The van der Waals surface area contributed by atoms with E-state index in [1.165, 1.54) is 0 Å². The number of aromatic carboxylic acids is 1. The van der Waals surface area contributed by atoms with E-state index in [-0.39, 0.29) is 11.1 Å². The van der Waals surface area contributed by atoms with Crippen molar-refractivity contribution >= 4 is 27.5 Å². The standard InChI is InChI=1S/C18H18N2O3S/c1-3-13-9-14-16(24-13)19-15(4-2)20(17(14)21)10-11-5-7-12(8-6-11)18(22)23/h5-9H,3-4,10H2,1-2H3,(H,22,23). The normalized spacial score (nSPS) is 11.1. The molecule has 0 atom stereocenters. The molecule has 3 aromatic rings. The topological polar surface area (TPSA) is 72.2 Å². The third-order valence-electron chi connectivity index (χ3n) is 3.99. The van der Waals surface area contributed by atoms with Crippen molar-refractivity contribution in [2.24, 2.45) is 0 Å². The van der Waals surface area contributed by atoms with Crippen LogP contribution in [0.4, 0.5) is 0 Å². The molecule has 6 heteroatoms. The van der Waals surface area contributed by atoms with E-state index >= 15 is 0 Å². The molecule has 2 aromatic heterocycles. The molecule has 0 saturated heterocycles. The fourth-order valence-electron chi connectivity index (χ4n) is 2.65. The zero-order valence-corrected chi connectivity index (χ0v) is 14.4. The van der Waals surface area contributed by atoms with E-state index < -0.39 is 5.97 Å². The van der Waals surface area contributed by atoms with E-state index in [4.69, 9.17) is 5.11 Å². The van der Waals surface area contributed by atoms with Crippen LogP contribution in [0.3, 0.4) is 0 Å². The highest BCUT2D eigenvalue weighted by atomic mass is 32.1. The summed E-state index contributed by atoms with van der Waals surface area (Å²) < 4.78 is 1.68. The first-order valence-electron chi connectivity index (χ1n) is 7.87.